The highest BCUT2D eigenvalue weighted by atomic mass is 32.2. The Morgan fingerprint density at radius 2 is 1.95 bits per heavy atom. The zero-order chi connectivity index (χ0) is 14.2. The summed E-state index contributed by atoms with van der Waals surface area (Å²) < 4.78 is 12.9. The van der Waals surface area contributed by atoms with Gasteiger partial charge >= 0.3 is 0 Å². The van der Waals surface area contributed by atoms with E-state index in [2.05, 4.69) is 10.2 Å². The molecule has 0 aliphatic rings. The third-order valence-electron chi connectivity index (χ3n) is 2.44. The van der Waals surface area contributed by atoms with E-state index in [0.29, 0.717) is 10.7 Å². The van der Waals surface area contributed by atoms with E-state index in [0.717, 1.165) is 5.75 Å². The largest absolute Gasteiger partial charge is 0.377 e. The maximum Gasteiger partial charge on any atom is 0.180 e. The fourth-order valence-electron chi connectivity index (χ4n) is 1.50. The summed E-state index contributed by atoms with van der Waals surface area (Å²) in [6.45, 7) is 0. The average molecular weight is 287 g/mol. The molecule has 0 heterocycles. The van der Waals surface area contributed by atoms with Gasteiger partial charge in [0.1, 0.15) is 5.82 Å². The second-order valence-electron chi connectivity index (χ2n) is 4.01. The van der Waals surface area contributed by atoms with Crippen molar-refractivity contribution in [3.63, 3.8) is 0 Å². The van der Waals surface area contributed by atoms with Crippen LogP contribution in [-0.4, -0.2) is 11.4 Å². The SMILES string of the molecule is NC(=NN=Cc1cccc(F)c1)SCc1ccccc1. The van der Waals surface area contributed by atoms with E-state index in [4.69, 9.17) is 5.73 Å². The van der Waals surface area contributed by atoms with E-state index in [1.54, 1.807) is 12.1 Å². The molecule has 0 fully saturated rings. The molecule has 0 aliphatic heterocycles. The molecule has 2 aromatic carbocycles. The number of nitrogens with zero attached hydrogens (tertiary/aromatic N) is 2. The first-order valence-corrected chi connectivity index (χ1v) is 7.01. The van der Waals surface area contributed by atoms with Gasteiger partial charge in [0.05, 0.1) is 6.21 Å². The molecule has 0 bridgehead atoms. The monoisotopic (exact) mass is 287 g/mol. The van der Waals surface area contributed by atoms with Crippen LogP contribution in [0.25, 0.3) is 0 Å². The second kappa shape index (κ2) is 7.45. The summed E-state index contributed by atoms with van der Waals surface area (Å²) in [5, 5.41) is 8.09. The predicted octanol–water partition coefficient (Wildman–Crippen LogP) is 3.41. The number of thioether (sulfide) groups is 1. The lowest BCUT2D eigenvalue weighted by atomic mass is 10.2. The van der Waals surface area contributed by atoms with Crippen molar-refractivity contribution >= 4 is 23.1 Å². The molecule has 5 heteroatoms. The van der Waals surface area contributed by atoms with E-state index in [1.165, 1.54) is 35.7 Å². The van der Waals surface area contributed by atoms with Gasteiger partial charge in [0.15, 0.2) is 5.17 Å². The van der Waals surface area contributed by atoms with Crippen LogP contribution in [0.2, 0.25) is 0 Å². The Kier molecular flexibility index (Phi) is 5.32. The van der Waals surface area contributed by atoms with Crippen molar-refractivity contribution in [1.29, 1.82) is 0 Å². The fourth-order valence-corrected chi connectivity index (χ4v) is 2.11. The van der Waals surface area contributed by atoms with Crippen LogP contribution in [0.1, 0.15) is 11.1 Å². The first-order valence-electron chi connectivity index (χ1n) is 6.03. The first-order chi connectivity index (χ1) is 9.74. The molecule has 2 aromatic rings. The molecule has 0 amide bonds. The summed E-state index contributed by atoms with van der Waals surface area (Å²) in [5.41, 5.74) is 7.56. The number of amidine groups is 1. The number of nitrogens with two attached hydrogens (primary N) is 1. The van der Waals surface area contributed by atoms with Gasteiger partial charge in [0.25, 0.3) is 0 Å². The Balaban J connectivity index is 1.87. The van der Waals surface area contributed by atoms with Gasteiger partial charge in [-0.05, 0) is 23.3 Å². The van der Waals surface area contributed by atoms with Crippen LogP contribution in [-0.2, 0) is 5.75 Å². The average Bonchev–Trinajstić information content (AvgIpc) is 2.46. The number of hydrogen-bond donors (Lipinski definition) is 1. The lowest BCUT2D eigenvalue weighted by Crippen LogP contribution is -2.05. The smallest absolute Gasteiger partial charge is 0.180 e. The molecule has 0 atom stereocenters. The highest BCUT2D eigenvalue weighted by molar-refractivity contribution is 8.13. The van der Waals surface area contributed by atoms with Crippen LogP contribution in [0.3, 0.4) is 0 Å². The number of rotatable bonds is 4. The molecule has 0 aromatic heterocycles. The zero-order valence-electron chi connectivity index (χ0n) is 10.7. The minimum Gasteiger partial charge on any atom is -0.377 e. The molecule has 0 radical (unpaired) electrons. The molecule has 0 aliphatic carbocycles. The molecule has 20 heavy (non-hydrogen) atoms. The summed E-state index contributed by atoms with van der Waals surface area (Å²) in [5.74, 6) is 0.440. The van der Waals surface area contributed by atoms with Crippen molar-refractivity contribution in [2.24, 2.45) is 15.9 Å². The zero-order valence-corrected chi connectivity index (χ0v) is 11.6. The summed E-state index contributed by atoms with van der Waals surface area (Å²) in [7, 11) is 0. The van der Waals surface area contributed by atoms with Gasteiger partial charge in [0, 0.05) is 5.75 Å². The molecule has 0 unspecified atom stereocenters. The molecule has 0 saturated heterocycles. The van der Waals surface area contributed by atoms with E-state index >= 15 is 0 Å². The first kappa shape index (κ1) is 14.3. The minimum absolute atomic E-state index is 0.302. The molecular weight excluding hydrogens is 273 g/mol. The summed E-state index contributed by atoms with van der Waals surface area (Å²) in [6, 6.07) is 16.1. The van der Waals surface area contributed by atoms with E-state index in [1.807, 2.05) is 30.3 Å². The Morgan fingerprint density at radius 3 is 2.70 bits per heavy atom. The molecule has 102 valence electrons. The maximum absolute atomic E-state index is 12.9. The van der Waals surface area contributed by atoms with Crippen LogP contribution in [0, 0.1) is 5.82 Å². The third kappa shape index (κ3) is 4.85. The van der Waals surface area contributed by atoms with Gasteiger partial charge < -0.3 is 5.73 Å². The highest BCUT2D eigenvalue weighted by Gasteiger charge is 1.96. The number of hydrogen-bond acceptors (Lipinski definition) is 3. The highest BCUT2D eigenvalue weighted by Crippen LogP contribution is 2.11. The molecule has 0 saturated carbocycles. The van der Waals surface area contributed by atoms with Crippen LogP contribution < -0.4 is 5.73 Å². The van der Waals surface area contributed by atoms with Crippen molar-refractivity contribution < 1.29 is 4.39 Å². The van der Waals surface area contributed by atoms with Crippen LogP contribution in [0.15, 0.2) is 64.8 Å². The number of benzene rings is 2. The van der Waals surface area contributed by atoms with Crippen molar-refractivity contribution in [2.45, 2.75) is 5.75 Å². The van der Waals surface area contributed by atoms with Crippen molar-refractivity contribution in [3.8, 4) is 0 Å². The van der Waals surface area contributed by atoms with Crippen molar-refractivity contribution in [1.82, 2.24) is 0 Å². The van der Waals surface area contributed by atoms with Crippen LogP contribution in [0.5, 0.6) is 0 Å². The Morgan fingerprint density at radius 1 is 1.15 bits per heavy atom. The van der Waals surface area contributed by atoms with Gasteiger partial charge in [-0.25, -0.2) is 4.39 Å². The molecule has 0 spiro atoms. The lowest BCUT2D eigenvalue weighted by molar-refractivity contribution is 0.627. The van der Waals surface area contributed by atoms with Gasteiger partial charge in [-0.15, -0.1) is 5.10 Å². The third-order valence-corrected chi connectivity index (χ3v) is 3.30. The van der Waals surface area contributed by atoms with Crippen molar-refractivity contribution in [2.75, 3.05) is 0 Å². The van der Waals surface area contributed by atoms with E-state index in [9.17, 15) is 4.39 Å². The Labute approximate surface area is 121 Å². The quantitative estimate of drug-likeness (QED) is 0.532. The molecule has 2 N–H and O–H groups in total. The summed E-state index contributed by atoms with van der Waals surface area (Å²) in [4.78, 5) is 0. The fraction of sp³-hybridized carbons (Fsp3) is 0.0667. The van der Waals surface area contributed by atoms with Crippen LogP contribution >= 0.6 is 11.8 Å². The molecule has 2 rings (SSSR count). The topological polar surface area (TPSA) is 50.7 Å². The van der Waals surface area contributed by atoms with Crippen molar-refractivity contribution in [3.05, 3.63) is 71.5 Å². The maximum atomic E-state index is 12.9. The lowest BCUT2D eigenvalue weighted by Gasteiger charge is -1.99. The summed E-state index contributed by atoms with van der Waals surface area (Å²) in [6.07, 6.45) is 1.47. The standard InChI is InChI=1S/C15H14FN3S/c16-14-8-4-7-13(9-14)10-18-19-15(17)20-11-12-5-2-1-3-6-12/h1-10H,11H2,(H2,17,19). The molecule has 3 nitrogen and oxygen atoms in total. The van der Waals surface area contributed by atoms with E-state index < -0.39 is 0 Å². The van der Waals surface area contributed by atoms with Gasteiger partial charge in [0.2, 0.25) is 0 Å². The minimum atomic E-state index is -0.302. The van der Waals surface area contributed by atoms with Gasteiger partial charge in [-0.3, -0.25) is 0 Å². The van der Waals surface area contributed by atoms with Crippen LogP contribution in [0.4, 0.5) is 4.39 Å². The van der Waals surface area contributed by atoms with Gasteiger partial charge in [-0.1, -0.05) is 54.2 Å². The Hall–Kier alpha value is -2.14. The Bertz CT molecular complexity index is 612. The predicted molar refractivity (Wildman–Crippen MR) is 83.4 cm³/mol. The summed E-state index contributed by atoms with van der Waals surface area (Å²) >= 11 is 1.41. The molecular formula is C15H14FN3S. The number of halogens is 1. The van der Waals surface area contributed by atoms with E-state index in [-0.39, 0.29) is 5.82 Å². The van der Waals surface area contributed by atoms with Gasteiger partial charge in [-0.2, -0.15) is 5.10 Å². The normalized spacial score (nSPS) is 11.9. The second-order valence-corrected chi connectivity index (χ2v) is 5.01.